The van der Waals surface area contributed by atoms with Crippen molar-refractivity contribution in [1.29, 1.82) is 0 Å². The van der Waals surface area contributed by atoms with E-state index in [-0.39, 0.29) is 12.1 Å². The topological polar surface area (TPSA) is 37.3 Å². The van der Waals surface area contributed by atoms with Crippen molar-refractivity contribution in [3.05, 3.63) is 89.7 Å². The fourth-order valence-corrected chi connectivity index (χ4v) is 3.78. The summed E-state index contributed by atoms with van der Waals surface area (Å²) in [6, 6.07) is 22.7. The van der Waals surface area contributed by atoms with Gasteiger partial charge in [-0.1, -0.05) is 49.4 Å². The molecule has 2 heterocycles. The van der Waals surface area contributed by atoms with Crippen LogP contribution in [0, 0.1) is 0 Å². The largest absolute Gasteiger partial charge is 0.348 e. The van der Waals surface area contributed by atoms with Gasteiger partial charge in [0.15, 0.2) is 0 Å². The van der Waals surface area contributed by atoms with Gasteiger partial charge in [-0.2, -0.15) is 0 Å². The molecular weight excluding hydrogens is 334 g/mol. The average molecular weight is 359 g/mol. The lowest BCUT2D eigenvalue weighted by molar-refractivity contribution is 0.167. The smallest absolute Gasteiger partial charge is 0.322 e. The van der Waals surface area contributed by atoms with Crippen molar-refractivity contribution in [3.63, 3.8) is 0 Å². The molecule has 0 bridgehead atoms. The fourth-order valence-electron chi connectivity index (χ4n) is 3.78. The monoisotopic (exact) mass is 359 g/mol. The minimum Gasteiger partial charge on any atom is -0.348 e. The molecule has 1 aliphatic rings. The first-order chi connectivity index (χ1) is 13.2. The van der Waals surface area contributed by atoms with Crippen molar-refractivity contribution in [3.8, 4) is 0 Å². The summed E-state index contributed by atoms with van der Waals surface area (Å²) in [6.45, 7) is 3.67. The molecule has 1 aromatic heterocycles. The molecule has 1 unspecified atom stereocenters. The molecule has 2 amide bonds. The molecule has 0 aliphatic carbocycles. The van der Waals surface area contributed by atoms with Gasteiger partial charge >= 0.3 is 6.03 Å². The van der Waals surface area contributed by atoms with Gasteiger partial charge in [0.1, 0.15) is 0 Å². The first kappa shape index (κ1) is 17.4. The highest BCUT2D eigenvalue weighted by molar-refractivity contribution is 5.89. The molecule has 1 N–H and O–H groups in total. The quantitative estimate of drug-likeness (QED) is 0.708. The van der Waals surface area contributed by atoms with E-state index < -0.39 is 0 Å². The van der Waals surface area contributed by atoms with Crippen LogP contribution in [-0.2, 0) is 19.4 Å². The summed E-state index contributed by atoms with van der Waals surface area (Å²) in [7, 11) is 0. The van der Waals surface area contributed by atoms with Crippen molar-refractivity contribution in [1.82, 2.24) is 9.47 Å². The number of hydrogen-bond acceptors (Lipinski definition) is 1. The molecule has 4 rings (SSSR count). The lowest BCUT2D eigenvalue weighted by Crippen LogP contribution is -2.44. The van der Waals surface area contributed by atoms with Gasteiger partial charge in [0, 0.05) is 30.7 Å². The van der Waals surface area contributed by atoms with Crippen LogP contribution in [0.1, 0.15) is 29.8 Å². The first-order valence-corrected chi connectivity index (χ1v) is 9.60. The maximum atomic E-state index is 13.1. The number of urea groups is 1. The summed E-state index contributed by atoms with van der Waals surface area (Å²) in [5.41, 5.74) is 4.55. The number of anilines is 1. The van der Waals surface area contributed by atoms with E-state index in [1.54, 1.807) is 0 Å². The summed E-state index contributed by atoms with van der Waals surface area (Å²) in [5, 5.41) is 3.08. The van der Waals surface area contributed by atoms with E-state index in [1.807, 2.05) is 23.1 Å². The molecular formula is C23H25N3O. The molecule has 2 aromatic carbocycles. The SMILES string of the molecule is CCc1ccc(NC(=O)N2CCn3cccc3C2Cc2ccccc2)cc1. The summed E-state index contributed by atoms with van der Waals surface area (Å²) in [4.78, 5) is 15.0. The van der Waals surface area contributed by atoms with E-state index in [1.165, 1.54) is 16.8 Å². The second-order valence-corrected chi connectivity index (χ2v) is 7.01. The number of fused-ring (bicyclic) bond motifs is 1. The van der Waals surface area contributed by atoms with Gasteiger partial charge in [0.2, 0.25) is 0 Å². The Morgan fingerprint density at radius 2 is 1.74 bits per heavy atom. The second-order valence-electron chi connectivity index (χ2n) is 7.01. The molecule has 1 atom stereocenters. The zero-order valence-corrected chi connectivity index (χ0v) is 15.6. The van der Waals surface area contributed by atoms with Crippen LogP contribution in [-0.4, -0.2) is 22.0 Å². The normalized spacial score (nSPS) is 16.0. The third-order valence-electron chi connectivity index (χ3n) is 5.31. The van der Waals surface area contributed by atoms with Gasteiger partial charge in [0.25, 0.3) is 0 Å². The van der Waals surface area contributed by atoms with Crippen molar-refractivity contribution >= 4 is 11.7 Å². The Labute approximate surface area is 160 Å². The highest BCUT2D eigenvalue weighted by Gasteiger charge is 2.31. The lowest BCUT2D eigenvalue weighted by atomic mass is 10.0. The van der Waals surface area contributed by atoms with Gasteiger partial charge in [-0.15, -0.1) is 0 Å². The Morgan fingerprint density at radius 3 is 2.48 bits per heavy atom. The third kappa shape index (κ3) is 3.75. The number of hydrogen-bond donors (Lipinski definition) is 1. The summed E-state index contributed by atoms with van der Waals surface area (Å²) < 4.78 is 2.26. The van der Waals surface area contributed by atoms with Gasteiger partial charge in [-0.25, -0.2) is 4.79 Å². The Morgan fingerprint density at radius 1 is 0.963 bits per heavy atom. The average Bonchev–Trinajstić information content (AvgIpc) is 3.19. The van der Waals surface area contributed by atoms with Crippen LogP contribution in [0.2, 0.25) is 0 Å². The van der Waals surface area contributed by atoms with Gasteiger partial charge in [-0.05, 0) is 48.2 Å². The van der Waals surface area contributed by atoms with Crippen LogP contribution >= 0.6 is 0 Å². The summed E-state index contributed by atoms with van der Waals surface area (Å²) in [5.74, 6) is 0. The van der Waals surface area contributed by atoms with E-state index in [2.05, 4.69) is 71.5 Å². The molecule has 0 saturated carbocycles. The maximum absolute atomic E-state index is 13.1. The molecule has 138 valence electrons. The number of rotatable bonds is 4. The third-order valence-corrected chi connectivity index (χ3v) is 5.31. The standard InChI is InChI=1S/C23H25N3O/c1-2-18-10-12-20(13-11-18)24-23(27)26-16-15-25-14-6-9-21(25)22(26)17-19-7-4-3-5-8-19/h3-14,22H,2,15-17H2,1H3,(H,24,27). The molecule has 0 saturated heterocycles. The van der Waals surface area contributed by atoms with E-state index in [9.17, 15) is 4.79 Å². The Hall–Kier alpha value is -3.01. The number of aromatic nitrogens is 1. The second kappa shape index (κ2) is 7.70. The Balaban J connectivity index is 1.56. The van der Waals surface area contributed by atoms with Crippen LogP contribution in [0.25, 0.3) is 0 Å². The summed E-state index contributed by atoms with van der Waals surface area (Å²) in [6.07, 6.45) is 3.91. The minimum absolute atomic E-state index is 0.0334. The number of carbonyl (C=O) groups is 1. The summed E-state index contributed by atoms with van der Waals surface area (Å²) >= 11 is 0. The predicted octanol–water partition coefficient (Wildman–Crippen LogP) is 4.88. The predicted molar refractivity (Wildman–Crippen MR) is 109 cm³/mol. The minimum atomic E-state index is -0.0346. The number of aryl methyl sites for hydroxylation is 1. The van der Waals surface area contributed by atoms with Crippen molar-refractivity contribution in [2.45, 2.75) is 32.4 Å². The van der Waals surface area contributed by atoms with Gasteiger partial charge in [-0.3, -0.25) is 0 Å². The Kier molecular flexibility index (Phi) is 4.97. The van der Waals surface area contributed by atoms with Gasteiger partial charge < -0.3 is 14.8 Å². The zero-order chi connectivity index (χ0) is 18.6. The van der Waals surface area contributed by atoms with Gasteiger partial charge in [0.05, 0.1) is 6.04 Å². The molecule has 4 nitrogen and oxygen atoms in total. The maximum Gasteiger partial charge on any atom is 0.322 e. The van der Waals surface area contributed by atoms with Crippen LogP contribution in [0.4, 0.5) is 10.5 Å². The number of amides is 2. The molecule has 27 heavy (non-hydrogen) atoms. The van der Waals surface area contributed by atoms with Crippen LogP contribution < -0.4 is 5.32 Å². The van der Waals surface area contributed by atoms with E-state index in [0.717, 1.165) is 25.1 Å². The van der Waals surface area contributed by atoms with Crippen LogP contribution in [0.15, 0.2) is 72.9 Å². The van der Waals surface area contributed by atoms with Crippen molar-refractivity contribution < 1.29 is 4.79 Å². The number of nitrogens with one attached hydrogen (secondary N) is 1. The first-order valence-electron chi connectivity index (χ1n) is 9.60. The molecule has 0 fully saturated rings. The zero-order valence-electron chi connectivity index (χ0n) is 15.6. The Bertz CT molecular complexity index is 899. The highest BCUT2D eigenvalue weighted by Crippen LogP contribution is 2.30. The molecule has 3 aromatic rings. The van der Waals surface area contributed by atoms with E-state index in [4.69, 9.17) is 0 Å². The molecule has 0 radical (unpaired) electrons. The molecule has 4 heteroatoms. The molecule has 0 spiro atoms. The number of carbonyl (C=O) groups excluding carboxylic acids is 1. The number of nitrogens with zero attached hydrogens (tertiary/aromatic N) is 2. The lowest BCUT2D eigenvalue weighted by Gasteiger charge is -2.37. The van der Waals surface area contributed by atoms with Crippen LogP contribution in [0.3, 0.4) is 0 Å². The van der Waals surface area contributed by atoms with Crippen molar-refractivity contribution in [2.24, 2.45) is 0 Å². The fraction of sp³-hybridized carbons (Fsp3) is 0.261. The molecule has 1 aliphatic heterocycles. The number of benzene rings is 2. The van der Waals surface area contributed by atoms with E-state index >= 15 is 0 Å². The van der Waals surface area contributed by atoms with E-state index in [0.29, 0.717) is 6.54 Å². The van der Waals surface area contributed by atoms with Crippen molar-refractivity contribution in [2.75, 3.05) is 11.9 Å². The highest BCUT2D eigenvalue weighted by atomic mass is 16.2. The van der Waals surface area contributed by atoms with Crippen LogP contribution in [0.5, 0.6) is 0 Å².